The normalized spacial score (nSPS) is 21.7. The molecule has 2 rings (SSSR count). The molecule has 1 N–H and O–H groups in total. The number of furan rings is 1. The lowest BCUT2D eigenvalue weighted by Crippen LogP contribution is -2.47. The molecule has 0 aliphatic carbocycles. The van der Waals surface area contributed by atoms with E-state index in [1.807, 2.05) is 12.1 Å². The number of piperidine rings is 1. The lowest BCUT2D eigenvalue weighted by molar-refractivity contribution is 0.278. The van der Waals surface area contributed by atoms with E-state index in [0.29, 0.717) is 19.6 Å². The summed E-state index contributed by atoms with van der Waals surface area (Å²) in [5.74, 6) is 1.89. The van der Waals surface area contributed by atoms with Crippen LogP contribution < -0.4 is 5.32 Å². The molecule has 5 nitrogen and oxygen atoms in total. The first-order valence-electron chi connectivity index (χ1n) is 6.75. The number of hydrogen-bond donors (Lipinski definition) is 1. The van der Waals surface area contributed by atoms with Crippen molar-refractivity contribution in [1.29, 1.82) is 0 Å². The largest absolute Gasteiger partial charge is 0.465 e. The predicted molar refractivity (Wildman–Crippen MR) is 74.4 cm³/mol. The number of rotatable bonds is 5. The lowest BCUT2D eigenvalue weighted by Gasteiger charge is -2.31. The molecule has 1 unspecified atom stereocenters. The van der Waals surface area contributed by atoms with Gasteiger partial charge < -0.3 is 9.73 Å². The fraction of sp³-hybridized carbons (Fsp3) is 0.692. The molecule has 0 aromatic carbocycles. The van der Waals surface area contributed by atoms with E-state index in [1.54, 1.807) is 4.31 Å². The summed E-state index contributed by atoms with van der Waals surface area (Å²) in [4.78, 5) is 0. The minimum atomic E-state index is -3.07. The van der Waals surface area contributed by atoms with Gasteiger partial charge in [0.2, 0.25) is 10.0 Å². The SMILES string of the molecule is CCc1ccc(CNC2CCCN(S(C)(=O)=O)C2)o1. The summed E-state index contributed by atoms with van der Waals surface area (Å²) in [6.07, 6.45) is 4.08. The van der Waals surface area contributed by atoms with Crippen molar-refractivity contribution in [2.75, 3.05) is 19.3 Å². The molecular weight excluding hydrogens is 264 g/mol. The molecule has 1 atom stereocenters. The first-order valence-corrected chi connectivity index (χ1v) is 8.60. The molecule has 0 radical (unpaired) electrons. The fourth-order valence-electron chi connectivity index (χ4n) is 2.36. The number of hydrogen-bond acceptors (Lipinski definition) is 4. The van der Waals surface area contributed by atoms with Crippen LogP contribution in [0.2, 0.25) is 0 Å². The molecule has 0 saturated carbocycles. The maximum atomic E-state index is 11.5. The molecule has 1 aromatic rings. The topological polar surface area (TPSA) is 62.6 Å². The first kappa shape index (κ1) is 14.6. The van der Waals surface area contributed by atoms with Gasteiger partial charge in [0.05, 0.1) is 12.8 Å². The third-order valence-corrected chi connectivity index (χ3v) is 4.75. The van der Waals surface area contributed by atoms with Gasteiger partial charge in [-0.25, -0.2) is 12.7 Å². The van der Waals surface area contributed by atoms with Gasteiger partial charge >= 0.3 is 0 Å². The van der Waals surface area contributed by atoms with Crippen LogP contribution in [0.3, 0.4) is 0 Å². The Hall–Kier alpha value is -0.850. The second-order valence-corrected chi connectivity index (χ2v) is 7.05. The van der Waals surface area contributed by atoms with E-state index in [1.165, 1.54) is 6.26 Å². The standard InChI is InChI=1S/C13H22N2O3S/c1-3-12-6-7-13(18-12)9-14-11-5-4-8-15(10-11)19(2,16)17/h6-7,11,14H,3-5,8-10H2,1-2H3. The van der Waals surface area contributed by atoms with Crippen molar-refractivity contribution in [3.8, 4) is 0 Å². The zero-order valence-corrected chi connectivity index (χ0v) is 12.4. The van der Waals surface area contributed by atoms with E-state index in [4.69, 9.17) is 4.42 Å². The van der Waals surface area contributed by atoms with Crippen molar-refractivity contribution < 1.29 is 12.8 Å². The van der Waals surface area contributed by atoms with E-state index in [0.717, 1.165) is 30.8 Å². The van der Waals surface area contributed by atoms with Crippen LogP contribution in [0.1, 0.15) is 31.3 Å². The average Bonchev–Trinajstić information content (AvgIpc) is 2.84. The molecule has 19 heavy (non-hydrogen) atoms. The van der Waals surface area contributed by atoms with E-state index >= 15 is 0 Å². The van der Waals surface area contributed by atoms with Crippen LogP contribution in [-0.4, -0.2) is 38.1 Å². The summed E-state index contributed by atoms with van der Waals surface area (Å²) in [5, 5.41) is 3.38. The molecule has 1 aliphatic rings. The monoisotopic (exact) mass is 286 g/mol. The van der Waals surface area contributed by atoms with Gasteiger partial charge in [-0.05, 0) is 25.0 Å². The molecule has 1 saturated heterocycles. The summed E-state index contributed by atoms with van der Waals surface area (Å²) >= 11 is 0. The van der Waals surface area contributed by atoms with Crippen molar-refractivity contribution in [3.05, 3.63) is 23.7 Å². The van der Waals surface area contributed by atoms with E-state index < -0.39 is 10.0 Å². The van der Waals surface area contributed by atoms with Crippen LogP contribution in [0.4, 0.5) is 0 Å². The molecule has 2 heterocycles. The van der Waals surface area contributed by atoms with Gasteiger partial charge in [0.15, 0.2) is 0 Å². The highest BCUT2D eigenvalue weighted by atomic mass is 32.2. The second kappa shape index (κ2) is 6.07. The van der Waals surface area contributed by atoms with Crippen LogP contribution in [0, 0.1) is 0 Å². The average molecular weight is 286 g/mol. The number of nitrogens with zero attached hydrogens (tertiary/aromatic N) is 1. The van der Waals surface area contributed by atoms with Crippen molar-refractivity contribution in [2.24, 2.45) is 0 Å². The quantitative estimate of drug-likeness (QED) is 0.887. The molecule has 0 bridgehead atoms. The van der Waals surface area contributed by atoms with Crippen molar-refractivity contribution >= 4 is 10.0 Å². The molecule has 1 aromatic heterocycles. The van der Waals surface area contributed by atoms with E-state index in [-0.39, 0.29) is 6.04 Å². The Morgan fingerprint density at radius 1 is 1.42 bits per heavy atom. The van der Waals surface area contributed by atoms with E-state index in [2.05, 4.69) is 12.2 Å². The van der Waals surface area contributed by atoms with Gasteiger partial charge in [0.1, 0.15) is 11.5 Å². The van der Waals surface area contributed by atoms with Crippen LogP contribution >= 0.6 is 0 Å². The maximum absolute atomic E-state index is 11.5. The predicted octanol–water partition coefficient (Wildman–Crippen LogP) is 1.36. The molecule has 0 spiro atoms. The number of nitrogens with one attached hydrogen (secondary N) is 1. The fourth-order valence-corrected chi connectivity index (χ4v) is 3.27. The Bertz CT molecular complexity index is 510. The highest BCUT2D eigenvalue weighted by Crippen LogP contribution is 2.14. The Balaban J connectivity index is 1.86. The molecule has 1 aliphatic heterocycles. The Morgan fingerprint density at radius 3 is 2.79 bits per heavy atom. The third kappa shape index (κ3) is 4.06. The van der Waals surface area contributed by atoms with Crippen molar-refractivity contribution in [2.45, 2.75) is 38.8 Å². The minimum Gasteiger partial charge on any atom is -0.465 e. The Morgan fingerprint density at radius 2 is 2.16 bits per heavy atom. The highest BCUT2D eigenvalue weighted by molar-refractivity contribution is 7.88. The maximum Gasteiger partial charge on any atom is 0.211 e. The first-order chi connectivity index (χ1) is 8.99. The second-order valence-electron chi connectivity index (χ2n) is 5.06. The number of sulfonamides is 1. The zero-order valence-electron chi connectivity index (χ0n) is 11.6. The molecule has 1 fully saturated rings. The van der Waals surface area contributed by atoms with Gasteiger partial charge in [0, 0.05) is 25.6 Å². The molecule has 0 amide bonds. The van der Waals surface area contributed by atoms with Crippen LogP contribution in [0.5, 0.6) is 0 Å². The summed E-state index contributed by atoms with van der Waals surface area (Å²) in [6, 6.07) is 4.17. The Kier molecular flexibility index (Phi) is 4.65. The molecular formula is C13H22N2O3S. The molecule has 108 valence electrons. The molecule has 6 heteroatoms. The summed E-state index contributed by atoms with van der Waals surface area (Å²) in [6.45, 7) is 3.90. The van der Waals surface area contributed by atoms with Crippen LogP contribution in [-0.2, 0) is 23.0 Å². The zero-order chi connectivity index (χ0) is 13.9. The number of aryl methyl sites for hydroxylation is 1. The Labute approximate surface area is 115 Å². The lowest BCUT2D eigenvalue weighted by atomic mass is 10.1. The van der Waals surface area contributed by atoms with E-state index in [9.17, 15) is 8.42 Å². The van der Waals surface area contributed by atoms with Crippen molar-refractivity contribution in [1.82, 2.24) is 9.62 Å². The third-order valence-electron chi connectivity index (χ3n) is 3.48. The van der Waals surface area contributed by atoms with Crippen molar-refractivity contribution in [3.63, 3.8) is 0 Å². The smallest absolute Gasteiger partial charge is 0.211 e. The van der Waals surface area contributed by atoms with Crippen LogP contribution in [0.15, 0.2) is 16.5 Å². The van der Waals surface area contributed by atoms with Crippen LogP contribution in [0.25, 0.3) is 0 Å². The van der Waals surface area contributed by atoms with Gasteiger partial charge in [0.25, 0.3) is 0 Å². The minimum absolute atomic E-state index is 0.207. The van der Waals surface area contributed by atoms with Gasteiger partial charge in [-0.2, -0.15) is 0 Å². The van der Waals surface area contributed by atoms with Gasteiger partial charge in [-0.15, -0.1) is 0 Å². The summed E-state index contributed by atoms with van der Waals surface area (Å²) in [5.41, 5.74) is 0. The summed E-state index contributed by atoms with van der Waals surface area (Å²) < 4.78 is 30.2. The van der Waals surface area contributed by atoms with Gasteiger partial charge in [-0.3, -0.25) is 0 Å². The van der Waals surface area contributed by atoms with Gasteiger partial charge in [-0.1, -0.05) is 6.92 Å². The highest BCUT2D eigenvalue weighted by Gasteiger charge is 2.25. The summed E-state index contributed by atoms with van der Waals surface area (Å²) in [7, 11) is -3.07.